The predicted molar refractivity (Wildman–Crippen MR) is 58.2 cm³/mol. The molecule has 4 nitrogen and oxygen atoms in total. The summed E-state index contributed by atoms with van der Waals surface area (Å²) in [5.41, 5.74) is 7.45. The van der Waals surface area contributed by atoms with E-state index in [1.165, 1.54) is 0 Å². The summed E-state index contributed by atoms with van der Waals surface area (Å²) < 4.78 is 0. The number of hydrogen-bond donors (Lipinski definition) is 3. The molecule has 0 aliphatic rings. The van der Waals surface area contributed by atoms with Gasteiger partial charge in [-0.25, -0.2) is 4.98 Å². The van der Waals surface area contributed by atoms with E-state index in [2.05, 4.69) is 10.3 Å². The fourth-order valence-corrected chi connectivity index (χ4v) is 1.14. The van der Waals surface area contributed by atoms with Crippen molar-refractivity contribution in [1.82, 2.24) is 4.98 Å². The van der Waals surface area contributed by atoms with Crippen molar-refractivity contribution in [1.29, 1.82) is 0 Å². The second kappa shape index (κ2) is 4.81. The van der Waals surface area contributed by atoms with E-state index in [4.69, 9.17) is 10.8 Å². The zero-order valence-electron chi connectivity index (χ0n) is 8.62. The molecule has 4 N–H and O–H groups in total. The minimum Gasteiger partial charge on any atom is -0.398 e. The van der Waals surface area contributed by atoms with Crippen LogP contribution in [0.1, 0.15) is 18.9 Å². The Morgan fingerprint density at radius 3 is 2.93 bits per heavy atom. The first-order chi connectivity index (χ1) is 6.63. The molecule has 0 aromatic carbocycles. The van der Waals surface area contributed by atoms with Crippen LogP contribution in [0.4, 0.5) is 11.5 Å². The van der Waals surface area contributed by atoms with Gasteiger partial charge < -0.3 is 16.2 Å². The quantitative estimate of drug-likeness (QED) is 0.674. The normalized spacial score (nSPS) is 12.5. The number of aliphatic hydroxyl groups is 1. The molecule has 1 heterocycles. The molecular formula is C10H17N3O. The van der Waals surface area contributed by atoms with Crippen LogP contribution >= 0.6 is 0 Å². The lowest BCUT2D eigenvalue weighted by molar-refractivity contribution is 0.282. The smallest absolute Gasteiger partial charge is 0.128 e. The van der Waals surface area contributed by atoms with Crippen LogP contribution in [0.2, 0.25) is 0 Å². The fraction of sp³-hybridized carbons (Fsp3) is 0.500. The van der Waals surface area contributed by atoms with Crippen LogP contribution in [0.3, 0.4) is 0 Å². The van der Waals surface area contributed by atoms with E-state index < -0.39 is 0 Å². The Hall–Kier alpha value is -1.29. The second-order valence-electron chi connectivity index (χ2n) is 3.48. The Morgan fingerprint density at radius 2 is 2.36 bits per heavy atom. The van der Waals surface area contributed by atoms with E-state index >= 15 is 0 Å². The first kappa shape index (κ1) is 10.8. The molecule has 0 aliphatic carbocycles. The lowest BCUT2D eigenvalue weighted by Crippen LogP contribution is -2.17. The molecule has 0 saturated carbocycles. The van der Waals surface area contributed by atoms with Crippen LogP contribution in [0.15, 0.2) is 12.3 Å². The largest absolute Gasteiger partial charge is 0.398 e. The number of aryl methyl sites for hydroxylation is 1. The molecule has 0 spiro atoms. The van der Waals surface area contributed by atoms with E-state index in [1.54, 1.807) is 6.20 Å². The number of nitrogen functional groups attached to an aromatic ring is 1. The van der Waals surface area contributed by atoms with Crippen LogP contribution in [0.5, 0.6) is 0 Å². The molecule has 1 aromatic rings. The van der Waals surface area contributed by atoms with Gasteiger partial charge in [-0.05, 0) is 25.8 Å². The summed E-state index contributed by atoms with van der Waals surface area (Å²) in [5.74, 6) is 0.758. The maximum absolute atomic E-state index is 8.73. The van der Waals surface area contributed by atoms with Crippen LogP contribution in [-0.4, -0.2) is 22.7 Å². The third kappa shape index (κ3) is 2.88. The molecular weight excluding hydrogens is 178 g/mol. The molecule has 1 aromatic heterocycles. The number of pyridine rings is 1. The first-order valence-corrected chi connectivity index (χ1v) is 4.73. The fourth-order valence-electron chi connectivity index (χ4n) is 1.14. The lowest BCUT2D eigenvalue weighted by atomic mass is 10.2. The number of nitrogens with one attached hydrogen (secondary N) is 1. The van der Waals surface area contributed by atoms with Gasteiger partial charge in [0.25, 0.3) is 0 Å². The third-order valence-corrected chi connectivity index (χ3v) is 2.10. The van der Waals surface area contributed by atoms with Crippen molar-refractivity contribution in [3.8, 4) is 0 Å². The van der Waals surface area contributed by atoms with Crippen molar-refractivity contribution in [2.75, 3.05) is 17.7 Å². The topological polar surface area (TPSA) is 71.2 Å². The summed E-state index contributed by atoms with van der Waals surface area (Å²) >= 11 is 0. The molecule has 1 unspecified atom stereocenters. The van der Waals surface area contributed by atoms with Crippen LogP contribution in [-0.2, 0) is 0 Å². The van der Waals surface area contributed by atoms with Gasteiger partial charge in [0.05, 0.1) is 0 Å². The van der Waals surface area contributed by atoms with Crippen molar-refractivity contribution in [2.24, 2.45) is 0 Å². The van der Waals surface area contributed by atoms with Crippen LogP contribution in [0, 0.1) is 6.92 Å². The summed E-state index contributed by atoms with van der Waals surface area (Å²) in [5, 5.41) is 11.9. The van der Waals surface area contributed by atoms with Crippen molar-refractivity contribution >= 4 is 11.5 Å². The van der Waals surface area contributed by atoms with Gasteiger partial charge in [-0.2, -0.15) is 0 Å². The Bertz CT molecular complexity index is 301. The first-order valence-electron chi connectivity index (χ1n) is 4.73. The van der Waals surface area contributed by atoms with E-state index in [9.17, 15) is 0 Å². The van der Waals surface area contributed by atoms with Gasteiger partial charge in [-0.1, -0.05) is 0 Å². The minimum absolute atomic E-state index is 0.176. The molecule has 0 bridgehead atoms. The van der Waals surface area contributed by atoms with Crippen molar-refractivity contribution in [2.45, 2.75) is 26.3 Å². The molecule has 4 heteroatoms. The molecule has 1 rings (SSSR count). The summed E-state index contributed by atoms with van der Waals surface area (Å²) in [6, 6.07) is 2.01. The van der Waals surface area contributed by atoms with Gasteiger partial charge in [0.1, 0.15) is 5.82 Å². The number of nitrogens with zero attached hydrogens (tertiary/aromatic N) is 1. The maximum Gasteiger partial charge on any atom is 0.128 e. The van der Waals surface area contributed by atoms with E-state index in [0.29, 0.717) is 6.42 Å². The average molecular weight is 195 g/mol. The Balaban J connectivity index is 2.63. The van der Waals surface area contributed by atoms with Crippen molar-refractivity contribution in [3.63, 3.8) is 0 Å². The summed E-state index contributed by atoms with van der Waals surface area (Å²) in [7, 11) is 0. The number of aromatic nitrogens is 1. The second-order valence-corrected chi connectivity index (χ2v) is 3.48. The highest BCUT2D eigenvalue weighted by Gasteiger charge is 2.03. The Morgan fingerprint density at radius 1 is 1.64 bits per heavy atom. The zero-order chi connectivity index (χ0) is 10.6. The highest BCUT2D eigenvalue weighted by Crippen LogP contribution is 2.14. The SMILES string of the molecule is Cc1cnc(NC(C)CCO)cc1N. The number of anilines is 2. The monoisotopic (exact) mass is 195 g/mol. The van der Waals surface area contributed by atoms with Gasteiger partial charge >= 0.3 is 0 Å². The molecule has 0 fully saturated rings. The van der Waals surface area contributed by atoms with Gasteiger partial charge in [0.15, 0.2) is 0 Å². The van der Waals surface area contributed by atoms with Gasteiger partial charge in [-0.3, -0.25) is 0 Å². The number of rotatable bonds is 4. The molecule has 78 valence electrons. The number of nitrogens with two attached hydrogens (primary N) is 1. The molecule has 0 saturated heterocycles. The predicted octanol–water partition coefficient (Wildman–Crippen LogP) is 1.16. The van der Waals surface area contributed by atoms with Gasteiger partial charge in [-0.15, -0.1) is 0 Å². The van der Waals surface area contributed by atoms with E-state index in [-0.39, 0.29) is 12.6 Å². The minimum atomic E-state index is 0.176. The molecule has 0 radical (unpaired) electrons. The molecule has 14 heavy (non-hydrogen) atoms. The van der Waals surface area contributed by atoms with Crippen LogP contribution in [0.25, 0.3) is 0 Å². The Labute approximate surface area is 84.2 Å². The molecule has 0 aliphatic heterocycles. The molecule has 1 atom stereocenters. The Kier molecular flexibility index (Phi) is 3.71. The average Bonchev–Trinajstić information content (AvgIpc) is 2.12. The number of hydrogen-bond acceptors (Lipinski definition) is 4. The van der Waals surface area contributed by atoms with Gasteiger partial charge in [0.2, 0.25) is 0 Å². The standard InChI is InChI=1S/C10H17N3O/c1-7-6-12-10(5-9(7)11)13-8(2)3-4-14/h5-6,8,14H,3-4H2,1-2H3,(H3,11,12,13). The highest BCUT2D eigenvalue weighted by molar-refractivity contribution is 5.53. The summed E-state index contributed by atoms with van der Waals surface area (Å²) in [4.78, 5) is 4.19. The summed E-state index contributed by atoms with van der Waals surface area (Å²) in [6.07, 6.45) is 2.44. The van der Waals surface area contributed by atoms with E-state index in [0.717, 1.165) is 17.1 Å². The third-order valence-electron chi connectivity index (χ3n) is 2.10. The highest BCUT2D eigenvalue weighted by atomic mass is 16.3. The van der Waals surface area contributed by atoms with E-state index in [1.807, 2.05) is 19.9 Å². The zero-order valence-corrected chi connectivity index (χ0v) is 8.62. The lowest BCUT2D eigenvalue weighted by Gasteiger charge is -2.13. The van der Waals surface area contributed by atoms with Crippen LogP contribution < -0.4 is 11.1 Å². The number of aliphatic hydroxyl groups excluding tert-OH is 1. The molecule has 0 amide bonds. The van der Waals surface area contributed by atoms with Gasteiger partial charge in [0, 0.05) is 30.6 Å². The summed E-state index contributed by atoms with van der Waals surface area (Å²) in [6.45, 7) is 4.09. The maximum atomic E-state index is 8.73. The van der Waals surface area contributed by atoms with Crippen molar-refractivity contribution < 1.29 is 5.11 Å². The van der Waals surface area contributed by atoms with Crippen molar-refractivity contribution in [3.05, 3.63) is 17.8 Å².